The van der Waals surface area contributed by atoms with Crippen LogP contribution in [0.25, 0.3) is 0 Å². The van der Waals surface area contributed by atoms with Crippen LogP contribution in [0, 0.1) is 0 Å². The maximum atomic E-state index is 10.6. The van der Waals surface area contributed by atoms with Crippen LogP contribution in [-0.4, -0.2) is 22.4 Å². The highest BCUT2D eigenvalue weighted by atomic mass is 32.2. The van der Waals surface area contributed by atoms with Gasteiger partial charge in [0.15, 0.2) is 0 Å². The average Bonchev–Trinajstić information content (AvgIpc) is 2.33. The van der Waals surface area contributed by atoms with Crippen molar-refractivity contribution in [3.63, 3.8) is 0 Å². The van der Waals surface area contributed by atoms with Crippen LogP contribution in [0.3, 0.4) is 0 Å². The van der Waals surface area contributed by atoms with Crippen molar-refractivity contribution in [2.45, 2.75) is 5.03 Å². The van der Waals surface area contributed by atoms with Gasteiger partial charge in [-0.15, -0.1) is 11.8 Å². The molecule has 0 aliphatic rings. The van der Waals surface area contributed by atoms with E-state index in [0.717, 1.165) is 0 Å². The second kappa shape index (κ2) is 2.74. The molecule has 0 atom stereocenters. The summed E-state index contributed by atoms with van der Waals surface area (Å²) in [4.78, 5) is 10.6. The molecule has 0 fully saturated rings. The fraction of sp³-hybridized carbons (Fsp3) is 0.200. The number of carbonyl (C=O) groups is 1. The minimum Gasteiger partial charge on any atom is -0.365 e. The summed E-state index contributed by atoms with van der Waals surface area (Å²) >= 11 is 1.41. The number of nitrogens with one attached hydrogen (secondary N) is 1. The Morgan fingerprint density at radius 2 is 2.60 bits per heavy atom. The Bertz CT molecular complexity index is 245. The molecule has 4 nitrogen and oxygen atoms in total. The minimum absolute atomic E-state index is 0.446. The van der Waals surface area contributed by atoms with Gasteiger partial charge in [0.1, 0.15) is 5.03 Å². The molecule has 1 rings (SSSR count). The predicted octanol–water partition coefficient (Wildman–Crippen LogP) is 0.231. The average molecular weight is 157 g/mol. The summed E-state index contributed by atoms with van der Waals surface area (Å²) in [6.07, 6.45) is 3.27. The molecule has 0 aromatic carbocycles. The fourth-order valence-electron chi connectivity index (χ4n) is 0.605. The molecule has 0 aliphatic carbocycles. The molecule has 0 aliphatic heterocycles. The van der Waals surface area contributed by atoms with E-state index in [2.05, 4.69) is 10.2 Å². The number of aromatic amines is 1. The molecule has 3 N–H and O–H groups in total. The number of hydrogen-bond acceptors (Lipinski definition) is 3. The first-order chi connectivity index (χ1) is 4.75. The molecule has 1 heterocycles. The Balaban J connectivity index is 3.01. The van der Waals surface area contributed by atoms with Crippen LogP contribution >= 0.6 is 11.8 Å². The molecule has 0 spiro atoms. The maximum Gasteiger partial charge on any atom is 0.253 e. The minimum atomic E-state index is -0.446. The zero-order valence-corrected chi connectivity index (χ0v) is 6.23. The highest BCUT2D eigenvalue weighted by Crippen LogP contribution is 2.14. The van der Waals surface area contributed by atoms with Gasteiger partial charge >= 0.3 is 0 Å². The normalized spacial score (nSPS) is 9.70. The van der Waals surface area contributed by atoms with E-state index < -0.39 is 5.91 Å². The first-order valence-corrected chi connectivity index (χ1v) is 3.85. The zero-order valence-electron chi connectivity index (χ0n) is 5.42. The van der Waals surface area contributed by atoms with Crippen LogP contribution in [0.1, 0.15) is 10.4 Å². The number of primary amides is 1. The molecule has 1 aromatic heterocycles. The molecule has 0 radical (unpaired) electrons. The second-order valence-electron chi connectivity index (χ2n) is 1.68. The number of carbonyl (C=O) groups excluding carboxylic acids is 1. The lowest BCUT2D eigenvalue weighted by Gasteiger charge is -1.90. The summed E-state index contributed by atoms with van der Waals surface area (Å²) in [5, 5.41) is 7.03. The summed E-state index contributed by atoms with van der Waals surface area (Å²) in [7, 11) is 0. The van der Waals surface area contributed by atoms with Gasteiger partial charge in [0.25, 0.3) is 5.91 Å². The molecule has 0 bridgehead atoms. The SMILES string of the molecule is CSc1[nH]ncc1C(N)=O. The first kappa shape index (κ1) is 7.14. The predicted molar refractivity (Wildman–Crippen MR) is 38.9 cm³/mol. The number of amides is 1. The third-order valence-electron chi connectivity index (χ3n) is 1.07. The Labute approximate surface area is 62.2 Å². The van der Waals surface area contributed by atoms with E-state index >= 15 is 0 Å². The van der Waals surface area contributed by atoms with Gasteiger partial charge in [0.2, 0.25) is 0 Å². The Morgan fingerprint density at radius 1 is 1.90 bits per heavy atom. The molecule has 0 saturated heterocycles. The van der Waals surface area contributed by atoms with E-state index in [9.17, 15) is 4.79 Å². The van der Waals surface area contributed by atoms with Gasteiger partial charge in [-0.05, 0) is 6.26 Å². The monoisotopic (exact) mass is 157 g/mol. The van der Waals surface area contributed by atoms with Crippen molar-refractivity contribution >= 4 is 17.7 Å². The standard InChI is InChI=1S/C5H7N3OS/c1-10-5-3(4(6)9)2-7-8-5/h2H,1H3,(H2,6,9)(H,7,8). The molecule has 54 valence electrons. The Hall–Kier alpha value is -0.970. The second-order valence-corrected chi connectivity index (χ2v) is 2.50. The highest BCUT2D eigenvalue weighted by Gasteiger charge is 2.07. The van der Waals surface area contributed by atoms with Crippen LogP contribution in [-0.2, 0) is 0 Å². The largest absolute Gasteiger partial charge is 0.365 e. The van der Waals surface area contributed by atoms with Crippen molar-refractivity contribution in [3.05, 3.63) is 11.8 Å². The molecule has 1 aromatic rings. The van der Waals surface area contributed by atoms with Gasteiger partial charge in [-0.25, -0.2) is 0 Å². The van der Waals surface area contributed by atoms with E-state index in [1.807, 2.05) is 6.26 Å². The summed E-state index contributed by atoms with van der Waals surface area (Å²) in [6, 6.07) is 0. The number of nitrogens with two attached hydrogens (primary N) is 1. The van der Waals surface area contributed by atoms with E-state index in [0.29, 0.717) is 10.6 Å². The molecular weight excluding hydrogens is 150 g/mol. The lowest BCUT2D eigenvalue weighted by Crippen LogP contribution is -2.10. The summed E-state index contributed by atoms with van der Waals surface area (Å²) < 4.78 is 0. The van der Waals surface area contributed by atoms with Gasteiger partial charge < -0.3 is 5.73 Å². The van der Waals surface area contributed by atoms with Gasteiger partial charge in [-0.2, -0.15) is 5.10 Å². The van der Waals surface area contributed by atoms with Crippen LogP contribution in [0.15, 0.2) is 11.2 Å². The maximum absolute atomic E-state index is 10.6. The molecule has 0 saturated carbocycles. The molecular formula is C5H7N3OS. The van der Waals surface area contributed by atoms with Gasteiger partial charge in [0.05, 0.1) is 11.8 Å². The third-order valence-corrected chi connectivity index (χ3v) is 1.79. The van der Waals surface area contributed by atoms with Crippen molar-refractivity contribution < 1.29 is 4.79 Å². The van der Waals surface area contributed by atoms with Gasteiger partial charge in [-0.1, -0.05) is 0 Å². The Morgan fingerprint density at radius 3 is 3.00 bits per heavy atom. The molecule has 0 unspecified atom stereocenters. The van der Waals surface area contributed by atoms with Gasteiger partial charge in [-0.3, -0.25) is 9.89 Å². The smallest absolute Gasteiger partial charge is 0.253 e. The fourth-order valence-corrected chi connectivity index (χ4v) is 1.12. The highest BCUT2D eigenvalue weighted by molar-refractivity contribution is 7.98. The van der Waals surface area contributed by atoms with E-state index in [1.165, 1.54) is 18.0 Å². The lowest BCUT2D eigenvalue weighted by molar-refractivity contribution is 0.0997. The number of thioether (sulfide) groups is 1. The summed E-state index contributed by atoms with van der Waals surface area (Å²) in [5.41, 5.74) is 5.47. The zero-order chi connectivity index (χ0) is 7.56. The number of H-pyrrole nitrogens is 1. The topological polar surface area (TPSA) is 71.8 Å². The lowest BCUT2D eigenvalue weighted by atomic mass is 10.3. The molecule has 5 heteroatoms. The third kappa shape index (κ3) is 1.13. The van der Waals surface area contributed by atoms with Gasteiger partial charge in [0, 0.05) is 0 Å². The van der Waals surface area contributed by atoms with Crippen molar-refractivity contribution in [2.24, 2.45) is 5.73 Å². The number of hydrogen-bond donors (Lipinski definition) is 2. The van der Waals surface area contributed by atoms with Crippen LogP contribution < -0.4 is 5.73 Å². The van der Waals surface area contributed by atoms with E-state index in [4.69, 9.17) is 5.73 Å². The van der Waals surface area contributed by atoms with Crippen molar-refractivity contribution in [2.75, 3.05) is 6.26 Å². The number of nitrogens with zero attached hydrogens (tertiary/aromatic N) is 1. The van der Waals surface area contributed by atoms with Crippen molar-refractivity contribution in [1.29, 1.82) is 0 Å². The van der Waals surface area contributed by atoms with E-state index in [1.54, 1.807) is 0 Å². The summed E-state index contributed by atoms with van der Waals surface area (Å²) in [5.74, 6) is -0.446. The summed E-state index contributed by atoms with van der Waals surface area (Å²) in [6.45, 7) is 0. The first-order valence-electron chi connectivity index (χ1n) is 2.63. The van der Waals surface area contributed by atoms with Crippen molar-refractivity contribution in [3.8, 4) is 0 Å². The number of aromatic nitrogens is 2. The Kier molecular flexibility index (Phi) is 1.96. The van der Waals surface area contributed by atoms with Crippen LogP contribution in [0.2, 0.25) is 0 Å². The molecule has 10 heavy (non-hydrogen) atoms. The number of rotatable bonds is 2. The quantitative estimate of drug-likeness (QED) is 0.603. The van der Waals surface area contributed by atoms with E-state index in [-0.39, 0.29) is 0 Å². The van der Waals surface area contributed by atoms with Crippen LogP contribution in [0.4, 0.5) is 0 Å². The van der Waals surface area contributed by atoms with Crippen molar-refractivity contribution in [1.82, 2.24) is 10.2 Å². The van der Waals surface area contributed by atoms with Crippen LogP contribution in [0.5, 0.6) is 0 Å². The molecule has 1 amide bonds.